The first-order valence-corrected chi connectivity index (χ1v) is 7.36. The lowest BCUT2D eigenvalue weighted by molar-refractivity contribution is 0.530. The Labute approximate surface area is 108 Å². The zero-order valence-electron chi connectivity index (χ0n) is 10.9. The molecule has 0 saturated heterocycles. The number of hydrogen-bond donors (Lipinski definition) is 1. The van der Waals surface area contributed by atoms with Crippen LogP contribution in [0.4, 0.5) is 0 Å². The molecule has 1 saturated carbocycles. The van der Waals surface area contributed by atoms with Crippen molar-refractivity contribution in [3.05, 3.63) is 5.82 Å². The maximum atomic E-state index is 4.24. The number of thioether (sulfide) groups is 1. The SMILES string of the molecule is CCCNC1CCCC1Sc1nnc(C)n1C. The smallest absolute Gasteiger partial charge is 0.191 e. The maximum Gasteiger partial charge on any atom is 0.191 e. The van der Waals surface area contributed by atoms with Crippen LogP contribution in [-0.2, 0) is 7.05 Å². The molecule has 5 heteroatoms. The lowest BCUT2D eigenvalue weighted by Crippen LogP contribution is -2.34. The van der Waals surface area contributed by atoms with Crippen LogP contribution in [0.25, 0.3) is 0 Å². The first kappa shape index (κ1) is 12.9. The second kappa shape index (κ2) is 5.87. The predicted molar refractivity (Wildman–Crippen MR) is 71.3 cm³/mol. The van der Waals surface area contributed by atoms with Crippen LogP contribution in [0.5, 0.6) is 0 Å². The molecular weight excluding hydrogens is 232 g/mol. The van der Waals surface area contributed by atoms with Gasteiger partial charge in [-0.3, -0.25) is 0 Å². The van der Waals surface area contributed by atoms with E-state index in [4.69, 9.17) is 0 Å². The minimum Gasteiger partial charge on any atom is -0.313 e. The lowest BCUT2D eigenvalue weighted by Gasteiger charge is -2.19. The Kier molecular flexibility index (Phi) is 4.45. The van der Waals surface area contributed by atoms with Crippen molar-refractivity contribution >= 4 is 11.8 Å². The Morgan fingerprint density at radius 3 is 2.88 bits per heavy atom. The van der Waals surface area contributed by atoms with Gasteiger partial charge in [-0.05, 0) is 32.7 Å². The summed E-state index contributed by atoms with van der Waals surface area (Å²) in [4.78, 5) is 0. The molecule has 1 heterocycles. The molecule has 2 unspecified atom stereocenters. The summed E-state index contributed by atoms with van der Waals surface area (Å²) in [6.45, 7) is 5.34. The quantitative estimate of drug-likeness (QED) is 0.874. The molecule has 0 aliphatic heterocycles. The van der Waals surface area contributed by atoms with Crippen molar-refractivity contribution in [3.8, 4) is 0 Å². The highest BCUT2D eigenvalue weighted by atomic mass is 32.2. The molecule has 0 amide bonds. The first-order chi connectivity index (χ1) is 8.22. The number of aromatic nitrogens is 3. The Balaban J connectivity index is 1.95. The minimum atomic E-state index is 0.650. The number of hydrogen-bond acceptors (Lipinski definition) is 4. The van der Waals surface area contributed by atoms with Gasteiger partial charge >= 0.3 is 0 Å². The summed E-state index contributed by atoms with van der Waals surface area (Å²) in [7, 11) is 2.04. The van der Waals surface area contributed by atoms with Gasteiger partial charge in [-0.15, -0.1) is 10.2 Å². The number of nitrogens with zero attached hydrogens (tertiary/aromatic N) is 3. The van der Waals surface area contributed by atoms with E-state index in [2.05, 4.69) is 27.0 Å². The third-order valence-corrected chi connectivity index (χ3v) is 4.85. The van der Waals surface area contributed by atoms with Gasteiger partial charge in [0.05, 0.1) is 0 Å². The Morgan fingerprint density at radius 2 is 2.24 bits per heavy atom. The molecule has 0 radical (unpaired) electrons. The second-order valence-corrected chi connectivity index (χ2v) is 5.94. The fraction of sp³-hybridized carbons (Fsp3) is 0.833. The normalized spacial score (nSPS) is 24.4. The molecule has 0 bridgehead atoms. The summed E-state index contributed by atoms with van der Waals surface area (Å²) in [5.41, 5.74) is 0. The van der Waals surface area contributed by atoms with E-state index in [-0.39, 0.29) is 0 Å². The van der Waals surface area contributed by atoms with Crippen molar-refractivity contribution in [2.24, 2.45) is 7.05 Å². The molecule has 1 aromatic heterocycles. The Bertz CT molecular complexity index is 363. The van der Waals surface area contributed by atoms with Gasteiger partial charge in [0.15, 0.2) is 5.16 Å². The van der Waals surface area contributed by atoms with E-state index in [0.717, 1.165) is 17.5 Å². The van der Waals surface area contributed by atoms with E-state index in [0.29, 0.717) is 11.3 Å². The zero-order valence-corrected chi connectivity index (χ0v) is 11.8. The topological polar surface area (TPSA) is 42.7 Å². The van der Waals surface area contributed by atoms with Gasteiger partial charge in [-0.1, -0.05) is 25.1 Å². The molecule has 1 N–H and O–H groups in total. The van der Waals surface area contributed by atoms with Crippen LogP contribution >= 0.6 is 11.8 Å². The average molecular weight is 254 g/mol. The molecular formula is C12H22N4S. The molecule has 1 aromatic rings. The van der Waals surface area contributed by atoms with Gasteiger partial charge in [0, 0.05) is 18.3 Å². The van der Waals surface area contributed by atoms with Gasteiger partial charge in [0.1, 0.15) is 5.82 Å². The summed E-state index contributed by atoms with van der Waals surface area (Å²) in [5.74, 6) is 0.989. The number of rotatable bonds is 5. The molecule has 2 atom stereocenters. The fourth-order valence-corrected chi connectivity index (χ4v) is 3.59. The third kappa shape index (κ3) is 3.01. The number of aryl methyl sites for hydroxylation is 1. The molecule has 96 valence electrons. The fourth-order valence-electron chi connectivity index (χ4n) is 2.26. The largest absolute Gasteiger partial charge is 0.313 e. The van der Waals surface area contributed by atoms with Crippen LogP contribution in [0.1, 0.15) is 38.4 Å². The summed E-state index contributed by atoms with van der Waals surface area (Å²) in [6.07, 6.45) is 5.12. The van der Waals surface area contributed by atoms with Crippen LogP contribution < -0.4 is 5.32 Å². The van der Waals surface area contributed by atoms with Crippen LogP contribution in [0.2, 0.25) is 0 Å². The summed E-state index contributed by atoms with van der Waals surface area (Å²) in [5, 5.41) is 13.7. The average Bonchev–Trinajstić information content (AvgIpc) is 2.89. The first-order valence-electron chi connectivity index (χ1n) is 6.48. The molecule has 1 aliphatic rings. The van der Waals surface area contributed by atoms with E-state index >= 15 is 0 Å². The Morgan fingerprint density at radius 1 is 1.41 bits per heavy atom. The second-order valence-electron chi connectivity index (χ2n) is 4.74. The van der Waals surface area contributed by atoms with Gasteiger partial charge in [-0.2, -0.15) is 0 Å². The van der Waals surface area contributed by atoms with Gasteiger partial charge in [0.25, 0.3) is 0 Å². The van der Waals surface area contributed by atoms with Crippen molar-refractivity contribution in [2.75, 3.05) is 6.54 Å². The van der Waals surface area contributed by atoms with E-state index in [1.54, 1.807) is 0 Å². The highest BCUT2D eigenvalue weighted by molar-refractivity contribution is 7.99. The standard InChI is InChI=1S/C12H22N4S/c1-4-8-13-10-6-5-7-11(10)17-12-15-14-9(2)16(12)3/h10-11,13H,4-8H2,1-3H3. The van der Waals surface area contributed by atoms with Crippen LogP contribution in [0.3, 0.4) is 0 Å². The monoisotopic (exact) mass is 254 g/mol. The minimum absolute atomic E-state index is 0.650. The van der Waals surface area contributed by atoms with E-state index in [9.17, 15) is 0 Å². The Hall–Kier alpha value is -0.550. The maximum absolute atomic E-state index is 4.24. The highest BCUT2D eigenvalue weighted by Crippen LogP contribution is 2.34. The lowest BCUT2D eigenvalue weighted by atomic mass is 10.2. The van der Waals surface area contributed by atoms with E-state index in [1.165, 1.54) is 25.7 Å². The van der Waals surface area contributed by atoms with Gasteiger partial charge < -0.3 is 9.88 Å². The summed E-state index contributed by atoms with van der Waals surface area (Å²) in [6, 6.07) is 0.650. The van der Waals surface area contributed by atoms with Crippen LogP contribution in [0, 0.1) is 6.92 Å². The molecule has 0 aromatic carbocycles. The van der Waals surface area contributed by atoms with Crippen molar-refractivity contribution in [2.45, 2.75) is 56.0 Å². The molecule has 2 rings (SSSR count). The van der Waals surface area contributed by atoms with E-state index < -0.39 is 0 Å². The summed E-state index contributed by atoms with van der Waals surface area (Å²) >= 11 is 1.88. The van der Waals surface area contributed by atoms with Crippen LogP contribution in [0.15, 0.2) is 5.16 Å². The number of nitrogens with one attached hydrogen (secondary N) is 1. The van der Waals surface area contributed by atoms with Crippen molar-refractivity contribution in [3.63, 3.8) is 0 Å². The molecule has 1 fully saturated rings. The molecule has 17 heavy (non-hydrogen) atoms. The molecule has 1 aliphatic carbocycles. The van der Waals surface area contributed by atoms with Crippen molar-refractivity contribution in [1.29, 1.82) is 0 Å². The van der Waals surface area contributed by atoms with Crippen LogP contribution in [-0.4, -0.2) is 32.6 Å². The van der Waals surface area contributed by atoms with Gasteiger partial charge in [0.2, 0.25) is 0 Å². The van der Waals surface area contributed by atoms with Crippen molar-refractivity contribution < 1.29 is 0 Å². The highest BCUT2D eigenvalue weighted by Gasteiger charge is 2.28. The summed E-state index contributed by atoms with van der Waals surface area (Å²) < 4.78 is 2.08. The molecule has 4 nitrogen and oxygen atoms in total. The molecule has 0 spiro atoms. The van der Waals surface area contributed by atoms with E-state index in [1.807, 2.05) is 25.7 Å². The predicted octanol–water partition coefficient (Wildman–Crippen LogP) is 2.14. The zero-order chi connectivity index (χ0) is 12.3. The third-order valence-electron chi connectivity index (χ3n) is 3.42. The van der Waals surface area contributed by atoms with Gasteiger partial charge in [-0.25, -0.2) is 0 Å². The van der Waals surface area contributed by atoms with Crippen molar-refractivity contribution in [1.82, 2.24) is 20.1 Å².